The highest BCUT2D eigenvalue weighted by atomic mass is 35.5. The lowest BCUT2D eigenvalue weighted by molar-refractivity contribution is 0.313. The highest BCUT2D eigenvalue weighted by Crippen LogP contribution is 2.34. The minimum Gasteiger partial charge on any atom is -0.369 e. The predicted molar refractivity (Wildman–Crippen MR) is 151 cm³/mol. The molecule has 1 aromatic heterocycles. The molecular formula is C26H32ClN7O2S. The summed E-state index contributed by atoms with van der Waals surface area (Å²) < 4.78 is 27.5. The average Bonchev–Trinajstić information content (AvgIpc) is 3.73. The molecular weight excluding hydrogens is 510 g/mol. The molecule has 1 aliphatic heterocycles. The van der Waals surface area contributed by atoms with E-state index in [1.807, 2.05) is 32.0 Å². The Morgan fingerprint density at radius 3 is 2.24 bits per heavy atom. The van der Waals surface area contributed by atoms with Crippen LogP contribution in [0.3, 0.4) is 0 Å². The van der Waals surface area contributed by atoms with Gasteiger partial charge in [-0.1, -0.05) is 11.6 Å². The second-order valence-corrected chi connectivity index (χ2v) is 12.1. The largest absolute Gasteiger partial charge is 0.369 e. The van der Waals surface area contributed by atoms with Crippen molar-refractivity contribution < 1.29 is 8.42 Å². The number of nitrogens with zero attached hydrogens (tertiary/aromatic N) is 4. The van der Waals surface area contributed by atoms with Crippen molar-refractivity contribution >= 4 is 56.1 Å². The van der Waals surface area contributed by atoms with Crippen LogP contribution in [-0.4, -0.2) is 61.8 Å². The molecule has 1 saturated carbocycles. The standard InChI is InChI=1S/C26H32ClN7O2S/c1-17-18(2)24(32-37(35,36)21-8-9-21)11-10-23(17)30-25-22(27)16-28-26(31-25)29-19-4-6-20(7-5-19)34-14-12-33(3)13-15-34/h4-7,10-11,16,21,32H,8-9,12-15H2,1-3H3,(H2,28,29,30,31). The zero-order valence-electron chi connectivity index (χ0n) is 21.3. The summed E-state index contributed by atoms with van der Waals surface area (Å²) in [4.78, 5) is 13.6. The van der Waals surface area contributed by atoms with E-state index in [9.17, 15) is 8.42 Å². The van der Waals surface area contributed by atoms with Crippen LogP contribution in [0.25, 0.3) is 0 Å². The Morgan fingerprint density at radius 1 is 0.919 bits per heavy atom. The van der Waals surface area contributed by atoms with Crippen molar-refractivity contribution in [1.29, 1.82) is 0 Å². The van der Waals surface area contributed by atoms with E-state index in [-0.39, 0.29) is 5.25 Å². The maximum absolute atomic E-state index is 12.4. The van der Waals surface area contributed by atoms with Crippen molar-refractivity contribution in [2.75, 3.05) is 53.5 Å². The lowest BCUT2D eigenvalue weighted by Crippen LogP contribution is -2.44. The minimum absolute atomic E-state index is 0.279. The second kappa shape index (κ2) is 10.4. The Hall–Kier alpha value is -3.08. The van der Waals surface area contributed by atoms with Crippen molar-refractivity contribution in [2.45, 2.75) is 31.9 Å². The number of rotatable bonds is 8. The zero-order valence-corrected chi connectivity index (χ0v) is 22.8. The van der Waals surface area contributed by atoms with Crippen LogP contribution < -0.4 is 20.3 Å². The number of halogens is 1. The van der Waals surface area contributed by atoms with E-state index in [2.05, 4.69) is 54.3 Å². The second-order valence-electron chi connectivity index (χ2n) is 9.73. The van der Waals surface area contributed by atoms with Gasteiger partial charge in [0.1, 0.15) is 5.02 Å². The van der Waals surface area contributed by atoms with E-state index in [0.29, 0.717) is 22.5 Å². The molecule has 11 heteroatoms. The molecule has 3 N–H and O–H groups in total. The fraction of sp³-hybridized carbons (Fsp3) is 0.385. The number of hydrogen-bond donors (Lipinski definition) is 3. The van der Waals surface area contributed by atoms with E-state index >= 15 is 0 Å². The molecule has 2 aromatic carbocycles. The first-order valence-electron chi connectivity index (χ1n) is 12.4. The summed E-state index contributed by atoms with van der Waals surface area (Å²) >= 11 is 6.40. The topological polar surface area (TPSA) is 102 Å². The lowest BCUT2D eigenvalue weighted by Gasteiger charge is -2.34. The molecule has 1 aliphatic carbocycles. The maximum atomic E-state index is 12.4. The molecule has 1 saturated heterocycles. The third kappa shape index (κ3) is 5.92. The molecule has 3 aromatic rings. The first-order chi connectivity index (χ1) is 17.7. The van der Waals surface area contributed by atoms with Crippen LogP contribution in [0.2, 0.25) is 5.02 Å². The molecule has 0 atom stereocenters. The summed E-state index contributed by atoms with van der Waals surface area (Å²) in [7, 11) is -1.18. The first-order valence-corrected chi connectivity index (χ1v) is 14.3. The molecule has 2 fully saturated rings. The van der Waals surface area contributed by atoms with Gasteiger partial charge in [0.2, 0.25) is 16.0 Å². The average molecular weight is 542 g/mol. The van der Waals surface area contributed by atoms with Crippen LogP contribution in [-0.2, 0) is 10.0 Å². The Morgan fingerprint density at radius 2 is 1.57 bits per heavy atom. The number of piperazine rings is 1. The molecule has 0 bridgehead atoms. The highest BCUT2D eigenvalue weighted by Gasteiger charge is 2.36. The van der Waals surface area contributed by atoms with Gasteiger partial charge in [0.15, 0.2) is 5.82 Å². The third-order valence-electron chi connectivity index (χ3n) is 6.99. The normalized spacial score (nSPS) is 16.5. The third-order valence-corrected chi connectivity index (χ3v) is 9.12. The number of benzene rings is 2. The van der Waals surface area contributed by atoms with E-state index < -0.39 is 10.0 Å². The molecule has 0 amide bonds. The molecule has 0 spiro atoms. The molecule has 5 rings (SSSR count). The molecule has 2 aliphatic rings. The molecule has 37 heavy (non-hydrogen) atoms. The number of aromatic nitrogens is 2. The molecule has 2 heterocycles. The highest BCUT2D eigenvalue weighted by molar-refractivity contribution is 7.93. The minimum atomic E-state index is -3.33. The van der Waals surface area contributed by atoms with Gasteiger partial charge >= 0.3 is 0 Å². The van der Waals surface area contributed by atoms with Gasteiger partial charge in [-0.25, -0.2) is 13.4 Å². The van der Waals surface area contributed by atoms with Crippen LogP contribution in [0.1, 0.15) is 24.0 Å². The van der Waals surface area contributed by atoms with Crippen LogP contribution in [0, 0.1) is 13.8 Å². The Labute approximate surface area is 223 Å². The van der Waals surface area contributed by atoms with Gasteiger partial charge in [0.05, 0.1) is 17.1 Å². The van der Waals surface area contributed by atoms with Crippen molar-refractivity contribution in [3.63, 3.8) is 0 Å². The van der Waals surface area contributed by atoms with Crippen LogP contribution in [0.4, 0.5) is 34.5 Å². The monoisotopic (exact) mass is 541 g/mol. The first kappa shape index (κ1) is 25.6. The SMILES string of the molecule is Cc1c(Nc2nc(Nc3ccc(N4CCN(C)CC4)cc3)ncc2Cl)ccc(NS(=O)(=O)C2CC2)c1C. The van der Waals surface area contributed by atoms with Gasteiger partial charge in [0, 0.05) is 43.2 Å². The fourth-order valence-electron chi connectivity index (χ4n) is 4.27. The lowest BCUT2D eigenvalue weighted by atomic mass is 10.1. The summed E-state index contributed by atoms with van der Waals surface area (Å²) in [6.45, 7) is 7.99. The van der Waals surface area contributed by atoms with Crippen LogP contribution in [0.15, 0.2) is 42.6 Å². The van der Waals surface area contributed by atoms with Crippen molar-refractivity contribution in [1.82, 2.24) is 14.9 Å². The summed E-state index contributed by atoms with van der Waals surface area (Å²) in [5.74, 6) is 0.879. The molecule has 0 unspecified atom stereocenters. The fourth-order valence-corrected chi connectivity index (χ4v) is 5.86. The van der Waals surface area contributed by atoms with Gasteiger partial charge in [-0.3, -0.25) is 4.72 Å². The van der Waals surface area contributed by atoms with Crippen molar-refractivity contribution in [2.24, 2.45) is 0 Å². The van der Waals surface area contributed by atoms with Gasteiger partial charge < -0.3 is 20.4 Å². The molecule has 0 radical (unpaired) electrons. The maximum Gasteiger partial charge on any atom is 0.235 e. The van der Waals surface area contributed by atoms with E-state index in [1.54, 1.807) is 12.3 Å². The smallest absolute Gasteiger partial charge is 0.235 e. The summed E-state index contributed by atoms with van der Waals surface area (Å²) in [5.41, 5.74) is 5.20. The zero-order chi connectivity index (χ0) is 26.2. The number of sulfonamides is 1. The number of hydrogen-bond acceptors (Lipinski definition) is 8. The number of anilines is 6. The van der Waals surface area contributed by atoms with Crippen LogP contribution in [0.5, 0.6) is 0 Å². The van der Waals surface area contributed by atoms with Crippen molar-refractivity contribution in [3.05, 3.63) is 58.7 Å². The van der Waals surface area contributed by atoms with Gasteiger partial charge in [0.25, 0.3) is 0 Å². The summed E-state index contributed by atoms with van der Waals surface area (Å²) in [6.07, 6.45) is 2.99. The number of likely N-dealkylation sites (N-methyl/N-ethyl adjacent to an activating group) is 1. The summed E-state index contributed by atoms with van der Waals surface area (Å²) in [5, 5.41) is 6.63. The van der Waals surface area contributed by atoms with Gasteiger partial charge in [-0.2, -0.15) is 4.98 Å². The summed E-state index contributed by atoms with van der Waals surface area (Å²) in [6, 6.07) is 11.8. The Balaban J connectivity index is 1.28. The number of nitrogens with one attached hydrogen (secondary N) is 3. The Kier molecular flexibility index (Phi) is 7.15. The Bertz CT molecular complexity index is 1390. The van der Waals surface area contributed by atoms with Crippen molar-refractivity contribution in [3.8, 4) is 0 Å². The van der Waals surface area contributed by atoms with Crippen LogP contribution >= 0.6 is 11.6 Å². The van der Waals surface area contributed by atoms with E-state index in [1.165, 1.54) is 5.69 Å². The van der Waals surface area contributed by atoms with Gasteiger partial charge in [-0.15, -0.1) is 0 Å². The van der Waals surface area contributed by atoms with E-state index in [0.717, 1.165) is 61.5 Å². The molecule has 9 nitrogen and oxygen atoms in total. The quantitative estimate of drug-likeness (QED) is 0.370. The predicted octanol–water partition coefficient (Wildman–Crippen LogP) is 4.89. The molecule has 196 valence electrons. The van der Waals surface area contributed by atoms with E-state index in [4.69, 9.17) is 11.6 Å². The van der Waals surface area contributed by atoms with Gasteiger partial charge in [-0.05, 0) is 81.3 Å².